The molecule has 0 saturated carbocycles. The van der Waals surface area contributed by atoms with E-state index in [1.165, 1.54) is 6.07 Å². The minimum absolute atomic E-state index is 0.148. The minimum Gasteiger partial charge on any atom is -0.367 e. The van der Waals surface area contributed by atoms with Crippen molar-refractivity contribution in [2.45, 2.75) is 25.3 Å². The molecule has 0 aliphatic carbocycles. The number of halogens is 1. The Morgan fingerprint density at radius 1 is 1.20 bits per heavy atom. The number of nitrogens with one attached hydrogen (secondary N) is 1. The maximum absolute atomic E-state index is 13.2. The van der Waals surface area contributed by atoms with Gasteiger partial charge in [0.15, 0.2) is 0 Å². The molecule has 6 heteroatoms. The summed E-state index contributed by atoms with van der Waals surface area (Å²) in [5.41, 5.74) is 1.07. The second-order valence-electron chi connectivity index (χ2n) is 6.50. The summed E-state index contributed by atoms with van der Waals surface area (Å²) in [6, 6.07) is 9.44. The molecule has 4 nitrogen and oxygen atoms in total. The summed E-state index contributed by atoms with van der Waals surface area (Å²) in [4.78, 5) is 12.2. The summed E-state index contributed by atoms with van der Waals surface area (Å²) in [5, 5.41) is 6.76. The Morgan fingerprint density at radius 2 is 2.08 bits per heavy atom. The van der Waals surface area contributed by atoms with Crippen LogP contribution in [0.2, 0.25) is 0 Å². The molecule has 3 aromatic rings. The molecule has 2 aromatic heterocycles. The first-order valence-electron chi connectivity index (χ1n) is 8.69. The summed E-state index contributed by atoms with van der Waals surface area (Å²) < 4.78 is 13.2. The van der Waals surface area contributed by atoms with Crippen molar-refractivity contribution in [1.82, 2.24) is 14.9 Å². The number of piperidine rings is 1. The molecule has 25 heavy (non-hydrogen) atoms. The first-order chi connectivity index (χ1) is 12.3. The number of hydrogen-bond acceptors (Lipinski definition) is 5. The van der Waals surface area contributed by atoms with Crippen LogP contribution in [-0.2, 0) is 6.42 Å². The zero-order valence-electron chi connectivity index (χ0n) is 14.0. The van der Waals surface area contributed by atoms with Crippen LogP contribution in [0.4, 0.5) is 10.2 Å². The van der Waals surface area contributed by atoms with Crippen LogP contribution in [0.25, 0.3) is 10.2 Å². The number of nitrogens with zero attached hydrogens (tertiary/aromatic N) is 3. The Labute approximate surface area is 150 Å². The summed E-state index contributed by atoms with van der Waals surface area (Å²) in [7, 11) is 0. The quantitative estimate of drug-likeness (QED) is 0.752. The third-order valence-corrected chi connectivity index (χ3v) is 5.62. The number of fused-ring (bicyclic) bond motifs is 1. The zero-order chi connectivity index (χ0) is 17.1. The molecule has 0 radical (unpaired) electrons. The lowest BCUT2D eigenvalue weighted by Crippen LogP contribution is -2.40. The Kier molecular flexibility index (Phi) is 4.90. The molecule has 1 saturated heterocycles. The first-order valence-corrected chi connectivity index (χ1v) is 9.57. The van der Waals surface area contributed by atoms with Gasteiger partial charge >= 0.3 is 0 Å². The van der Waals surface area contributed by atoms with Crippen molar-refractivity contribution in [2.24, 2.45) is 0 Å². The van der Waals surface area contributed by atoms with Crippen LogP contribution in [0.1, 0.15) is 18.4 Å². The summed E-state index contributed by atoms with van der Waals surface area (Å²) >= 11 is 1.64. The Bertz CT molecular complexity index is 842. The molecule has 0 spiro atoms. The highest BCUT2D eigenvalue weighted by molar-refractivity contribution is 7.16. The zero-order valence-corrected chi connectivity index (χ0v) is 14.8. The van der Waals surface area contributed by atoms with Crippen LogP contribution >= 0.6 is 11.3 Å². The molecule has 1 aliphatic heterocycles. The number of rotatable bonds is 5. The second-order valence-corrected chi connectivity index (χ2v) is 7.40. The Morgan fingerprint density at radius 3 is 2.92 bits per heavy atom. The van der Waals surface area contributed by atoms with E-state index in [2.05, 4.69) is 31.6 Å². The molecule has 1 aliphatic rings. The summed E-state index contributed by atoms with van der Waals surface area (Å²) in [6.45, 7) is 3.11. The molecular weight excluding hydrogens is 335 g/mol. The monoisotopic (exact) mass is 356 g/mol. The van der Waals surface area contributed by atoms with E-state index in [0.717, 1.165) is 60.5 Å². The van der Waals surface area contributed by atoms with Gasteiger partial charge < -0.3 is 10.2 Å². The molecule has 0 atom stereocenters. The average molecular weight is 356 g/mol. The second kappa shape index (κ2) is 7.45. The third kappa shape index (κ3) is 3.96. The predicted octanol–water partition coefficient (Wildman–Crippen LogP) is 3.95. The van der Waals surface area contributed by atoms with Gasteiger partial charge in [-0.2, -0.15) is 0 Å². The summed E-state index contributed by atoms with van der Waals surface area (Å²) in [6.07, 6.45) is 4.73. The number of anilines is 1. The lowest BCUT2D eigenvalue weighted by molar-refractivity contribution is 0.221. The fraction of sp³-hybridized carbons (Fsp3) is 0.368. The maximum Gasteiger partial charge on any atom is 0.138 e. The molecule has 1 N–H and O–H groups in total. The minimum atomic E-state index is -0.148. The van der Waals surface area contributed by atoms with Crippen LogP contribution in [0, 0.1) is 5.82 Å². The van der Waals surface area contributed by atoms with Gasteiger partial charge in [-0.05, 0) is 48.4 Å². The lowest BCUT2D eigenvalue weighted by Gasteiger charge is -2.32. The van der Waals surface area contributed by atoms with Crippen molar-refractivity contribution < 1.29 is 4.39 Å². The van der Waals surface area contributed by atoms with Crippen molar-refractivity contribution >= 4 is 27.4 Å². The number of benzene rings is 1. The molecule has 0 unspecified atom stereocenters. The van der Waals surface area contributed by atoms with E-state index < -0.39 is 0 Å². The predicted molar refractivity (Wildman–Crippen MR) is 101 cm³/mol. The van der Waals surface area contributed by atoms with Crippen molar-refractivity contribution in [3.8, 4) is 0 Å². The largest absolute Gasteiger partial charge is 0.367 e. The van der Waals surface area contributed by atoms with Gasteiger partial charge in [0.05, 0.1) is 5.39 Å². The van der Waals surface area contributed by atoms with E-state index in [0.29, 0.717) is 6.04 Å². The van der Waals surface area contributed by atoms with E-state index in [9.17, 15) is 4.39 Å². The number of hydrogen-bond donors (Lipinski definition) is 1. The summed E-state index contributed by atoms with van der Waals surface area (Å²) in [5.74, 6) is 0.800. The van der Waals surface area contributed by atoms with Gasteiger partial charge in [0.2, 0.25) is 0 Å². The first kappa shape index (κ1) is 16.4. The molecule has 0 amide bonds. The van der Waals surface area contributed by atoms with Crippen molar-refractivity contribution in [3.63, 3.8) is 0 Å². The molecule has 0 bridgehead atoms. The number of thiophene rings is 1. The van der Waals surface area contributed by atoms with E-state index >= 15 is 0 Å². The molecule has 3 heterocycles. The van der Waals surface area contributed by atoms with Gasteiger partial charge in [-0.15, -0.1) is 11.3 Å². The maximum atomic E-state index is 13.2. The van der Waals surface area contributed by atoms with Crippen LogP contribution in [0.5, 0.6) is 0 Å². The average Bonchev–Trinajstić information content (AvgIpc) is 3.11. The number of likely N-dealkylation sites (tertiary alicyclic amines) is 1. The van der Waals surface area contributed by atoms with Crippen molar-refractivity contribution in [1.29, 1.82) is 0 Å². The van der Waals surface area contributed by atoms with E-state index in [1.54, 1.807) is 29.8 Å². The van der Waals surface area contributed by atoms with Crippen molar-refractivity contribution in [2.75, 3.05) is 25.0 Å². The highest BCUT2D eigenvalue weighted by atomic mass is 32.1. The topological polar surface area (TPSA) is 41.0 Å². The highest BCUT2D eigenvalue weighted by Gasteiger charge is 2.20. The van der Waals surface area contributed by atoms with E-state index in [-0.39, 0.29) is 5.82 Å². The van der Waals surface area contributed by atoms with Crippen molar-refractivity contribution in [3.05, 3.63) is 53.4 Å². The fourth-order valence-corrected chi connectivity index (χ4v) is 4.11. The van der Waals surface area contributed by atoms with Crippen LogP contribution in [-0.4, -0.2) is 40.5 Å². The molecule has 1 aromatic carbocycles. The van der Waals surface area contributed by atoms with Gasteiger partial charge in [0.25, 0.3) is 0 Å². The van der Waals surface area contributed by atoms with E-state index in [4.69, 9.17) is 0 Å². The molecule has 130 valence electrons. The Hall–Kier alpha value is -2.05. The van der Waals surface area contributed by atoms with Gasteiger partial charge in [-0.1, -0.05) is 12.1 Å². The van der Waals surface area contributed by atoms with Gasteiger partial charge in [0.1, 0.15) is 22.8 Å². The molecular formula is C19H21FN4S. The number of aromatic nitrogens is 2. The third-order valence-electron chi connectivity index (χ3n) is 4.80. The van der Waals surface area contributed by atoms with E-state index in [1.807, 2.05) is 6.07 Å². The van der Waals surface area contributed by atoms with Crippen LogP contribution in [0.3, 0.4) is 0 Å². The fourth-order valence-electron chi connectivity index (χ4n) is 3.38. The van der Waals surface area contributed by atoms with Gasteiger partial charge in [-0.3, -0.25) is 0 Å². The molecule has 1 fully saturated rings. The van der Waals surface area contributed by atoms with Crippen LogP contribution in [0.15, 0.2) is 42.0 Å². The lowest BCUT2D eigenvalue weighted by atomic mass is 10.0. The highest BCUT2D eigenvalue weighted by Crippen LogP contribution is 2.25. The van der Waals surface area contributed by atoms with Crippen LogP contribution < -0.4 is 5.32 Å². The normalized spacial score (nSPS) is 16.4. The molecule has 4 rings (SSSR count). The van der Waals surface area contributed by atoms with Gasteiger partial charge in [-0.25, -0.2) is 14.4 Å². The SMILES string of the molecule is Fc1cccc(CCN2CCC(Nc3ncnc4sccc34)CC2)c1. The smallest absolute Gasteiger partial charge is 0.138 e. The van der Waals surface area contributed by atoms with Gasteiger partial charge in [0, 0.05) is 25.7 Å². The standard InChI is InChI=1S/C19H21FN4S/c20-15-3-1-2-14(12-15)4-8-24-9-5-16(6-10-24)23-18-17-7-11-25-19(17)22-13-21-18/h1-3,7,11-13,16H,4-6,8-10H2,(H,21,22,23). The Balaban J connectivity index is 1.29.